The lowest BCUT2D eigenvalue weighted by molar-refractivity contribution is -0.172. The third kappa shape index (κ3) is 2.30. The van der Waals surface area contributed by atoms with Crippen LogP contribution in [0.5, 0.6) is 0 Å². The zero-order chi connectivity index (χ0) is 12.4. The Labute approximate surface area is 97.1 Å². The fourth-order valence-electron chi connectivity index (χ4n) is 1.38. The Morgan fingerprint density at radius 2 is 1.94 bits per heavy atom. The summed E-state index contributed by atoms with van der Waals surface area (Å²) in [5.74, 6) is -1.82. The largest absolute Gasteiger partial charge is 0.382 e. The summed E-state index contributed by atoms with van der Waals surface area (Å²) in [6.45, 7) is 1.83. The highest BCUT2D eigenvalue weighted by Gasteiger charge is 2.33. The zero-order valence-electron chi connectivity index (χ0n) is 9.17. The van der Waals surface area contributed by atoms with Crippen LogP contribution < -0.4 is 0 Å². The maximum absolute atomic E-state index is 11.6. The summed E-state index contributed by atoms with van der Waals surface area (Å²) in [7, 11) is 0. The van der Waals surface area contributed by atoms with Gasteiger partial charge in [0.1, 0.15) is 0 Å². The van der Waals surface area contributed by atoms with Crippen molar-refractivity contribution in [1.82, 2.24) is 10.0 Å². The standard InChI is InChI=1S/C11H10N2O4/c1-7-2-3-8(12-6-7)11(16)17-13-9(14)4-5-10(13)15/h2-3,6H,4-5H2,1H3. The van der Waals surface area contributed by atoms with Crippen molar-refractivity contribution in [2.24, 2.45) is 0 Å². The number of nitrogens with zero attached hydrogens (tertiary/aromatic N) is 2. The average molecular weight is 234 g/mol. The van der Waals surface area contributed by atoms with Crippen LogP contribution in [0.1, 0.15) is 28.9 Å². The van der Waals surface area contributed by atoms with Gasteiger partial charge in [-0.25, -0.2) is 9.78 Å². The zero-order valence-corrected chi connectivity index (χ0v) is 9.17. The van der Waals surface area contributed by atoms with E-state index in [2.05, 4.69) is 4.98 Å². The summed E-state index contributed by atoms with van der Waals surface area (Å²) in [4.78, 5) is 42.5. The molecule has 6 nitrogen and oxygen atoms in total. The van der Waals surface area contributed by atoms with Gasteiger partial charge in [0, 0.05) is 19.0 Å². The first-order chi connectivity index (χ1) is 8.08. The van der Waals surface area contributed by atoms with Crippen LogP contribution in [0.4, 0.5) is 0 Å². The molecule has 6 heteroatoms. The van der Waals surface area contributed by atoms with E-state index in [-0.39, 0.29) is 18.5 Å². The molecule has 0 bridgehead atoms. The summed E-state index contributed by atoms with van der Waals surface area (Å²) >= 11 is 0. The van der Waals surface area contributed by atoms with Gasteiger partial charge in [-0.2, -0.15) is 0 Å². The molecule has 1 fully saturated rings. The first-order valence-electron chi connectivity index (χ1n) is 5.08. The maximum atomic E-state index is 11.6. The van der Waals surface area contributed by atoms with Crippen LogP contribution in [0.25, 0.3) is 0 Å². The predicted octanol–water partition coefficient (Wildman–Crippen LogP) is 0.611. The van der Waals surface area contributed by atoms with E-state index in [1.807, 2.05) is 6.92 Å². The van der Waals surface area contributed by atoms with Crippen molar-refractivity contribution in [3.05, 3.63) is 29.6 Å². The number of rotatable bonds is 2. The Bertz CT molecular complexity index is 465. The van der Waals surface area contributed by atoms with Crippen molar-refractivity contribution >= 4 is 17.8 Å². The maximum Gasteiger partial charge on any atom is 0.382 e. The molecule has 2 amide bonds. The van der Waals surface area contributed by atoms with Crippen LogP contribution in [0.15, 0.2) is 18.3 Å². The van der Waals surface area contributed by atoms with E-state index in [9.17, 15) is 14.4 Å². The summed E-state index contributed by atoms with van der Waals surface area (Å²) in [5, 5.41) is 0.504. The molecule has 2 rings (SSSR count). The van der Waals surface area contributed by atoms with Crippen LogP contribution in [-0.4, -0.2) is 27.8 Å². The number of pyridine rings is 1. The molecule has 2 heterocycles. The highest BCUT2D eigenvalue weighted by molar-refractivity contribution is 6.02. The molecule has 1 aromatic rings. The Kier molecular flexibility index (Phi) is 2.86. The molecule has 0 saturated carbocycles. The van der Waals surface area contributed by atoms with Gasteiger partial charge in [0.25, 0.3) is 11.8 Å². The van der Waals surface area contributed by atoms with Gasteiger partial charge >= 0.3 is 5.97 Å². The molecule has 1 saturated heterocycles. The first-order valence-corrected chi connectivity index (χ1v) is 5.08. The average Bonchev–Trinajstić information content (AvgIpc) is 2.61. The van der Waals surface area contributed by atoms with Crippen molar-refractivity contribution in [2.75, 3.05) is 0 Å². The molecule has 1 aliphatic heterocycles. The number of hydroxylamine groups is 2. The van der Waals surface area contributed by atoms with Crippen molar-refractivity contribution < 1.29 is 19.2 Å². The number of imide groups is 1. The van der Waals surface area contributed by atoms with Gasteiger partial charge in [-0.1, -0.05) is 6.07 Å². The molecule has 1 aliphatic rings. The molecule has 0 aliphatic carbocycles. The van der Waals surface area contributed by atoms with E-state index < -0.39 is 17.8 Å². The highest BCUT2D eigenvalue weighted by atomic mass is 16.7. The molecular weight excluding hydrogens is 224 g/mol. The fourth-order valence-corrected chi connectivity index (χ4v) is 1.38. The number of amides is 2. The number of carbonyl (C=O) groups is 3. The van der Waals surface area contributed by atoms with Crippen molar-refractivity contribution in [2.45, 2.75) is 19.8 Å². The van der Waals surface area contributed by atoms with Gasteiger partial charge in [0.05, 0.1) is 0 Å². The third-order valence-corrected chi connectivity index (χ3v) is 2.30. The SMILES string of the molecule is Cc1ccc(C(=O)ON2C(=O)CCC2=O)nc1. The van der Waals surface area contributed by atoms with Crippen LogP contribution in [-0.2, 0) is 14.4 Å². The van der Waals surface area contributed by atoms with E-state index >= 15 is 0 Å². The van der Waals surface area contributed by atoms with Crippen molar-refractivity contribution in [3.8, 4) is 0 Å². The Balaban J connectivity index is 2.09. The topological polar surface area (TPSA) is 76.6 Å². The molecule has 0 radical (unpaired) electrons. The lowest BCUT2D eigenvalue weighted by Crippen LogP contribution is -2.32. The number of hydrogen-bond donors (Lipinski definition) is 0. The van der Waals surface area contributed by atoms with E-state index in [0.717, 1.165) is 5.56 Å². The molecule has 1 aromatic heterocycles. The Morgan fingerprint density at radius 3 is 2.47 bits per heavy atom. The molecular formula is C11H10N2O4. The quantitative estimate of drug-likeness (QED) is 0.701. The number of hydrogen-bond acceptors (Lipinski definition) is 5. The van der Waals surface area contributed by atoms with Crippen LogP contribution in [0.2, 0.25) is 0 Å². The first kappa shape index (κ1) is 11.3. The summed E-state index contributed by atoms with van der Waals surface area (Å²) < 4.78 is 0. The normalized spacial score (nSPS) is 15.2. The molecule has 0 N–H and O–H groups in total. The lowest BCUT2D eigenvalue weighted by Gasteiger charge is -2.11. The molecule has 88 valence electrons. The van der Waals surface area contributed by atoms with E-state index in [1.54, 1.807) is 6.07 Å². The number of aryl methyl sites for hydroxylation is 1. The number of carbonyl (C=O) groups excluding carboxylic acids is 3. The van der Waals surface area contributed by atoms with Crippen molar-refractivity contribution in [3.63, 3.8) is 0 Å². The number of aromatic nitrogens is 1. The van der Waals surface area contributed by atoms with Crippen molar-refractivity contribution in [1.29, 1.82) is 0 Å². The van der Waals surface area contributed by atoms with E-state index in [0.29, 0.717) is 5.06 Å². The van der Waals surface area contributed by atoms with Gasteiger partial charge in [0.2, 0.25) is 0 Å². The van der Waals surface area contributed by atoms with Crippen LogP contribution in [0.3, 0.4) is 0 Å². The predicted molar refractivity (Wildman–Crippen MR) is 55.5 cm³/mol. The second-order valence-corrected chi connectivity index (χ2v) is 3.68. The fraction of sp³-hybridized carbons (Fsp3) is 0.273. The van der Waals surface area contributed by atoms with Crippen LogP contribution >= 0.6 is 0 Å². The smallest absolute Gasteiger partial charge is 0.323 e. The Morgan fingerprint density at radius 1 is 1.29 bits per heavy atom. The lowest BCUT2D eigenvalue weighted by atomic mass is 10.3. The van der Waals surface area contributed by atoms with E-state index in [1.165, 1.54) is 12.3 Å². The van der Waals surface area contributed by atoms with Gasteiger partial charge in [-0.15, -0.1) is 5.06 Å². The van der Waals surface area contributed by atoms with Gasteiger partial charge in [0.15, 0.2) is 5.69 Å². The van der Waals surface area contributed by atoms with Crippen LogP contribution in [0, 0.1) is 6.92 Å². The van der Waals surface area contributed by atoms with E-state index in [4.69, 9.17) is 4.84 Å². The third-order valence-electron chi connectivity index (χ3n) is 2.30. The second-order valence-electron chi connectivity index (χ2n) is 3.68. The molecule has 17 heavy (non-hydrogen) atoms. The van der Waals surface area contributed by atoms with Gasteiger partial charge in [-0.3, -0.25) is 9.59 Å². The monoisotopic (exact) mass is 234 g/mol. The van der Waals surface area contributed by atoms with Gasteiger partial charge in [-0.05, 0) is 18.6 Å². The summed E-state index contributed by atoms with van der Waals surface area (Å²) in [6.07, 6.45) is 1.66. The molecule has 0 spiro atoms. The minimum absolute atomic E-state index is 0.0584. The molecule has 0 atom stereocenters. The minimum Gasteiger partial charge on any atom is -0.323 e. The molecule has 0 aromatic carbocycles. The Hall–Kier alpha value is -2.24. The molecule has 0 unspecified atom stereocenters. The summed E-state index contributed by atoms with van der Waals surface area (Å²) in [5.41, 5.74) is 0.956. The summed E-state index contributed by atoms with van der Waals surface area (Å²) in [6, 6.07) is 3.17. The highest BCUT2D eigenvalue weighted by Crippen LogP contribution is 2.13. The second kappa shape index (κ2) is 4.32. The minimum atomic E-state index is -0.811. The van der Waals surface area contributed by atoms with Gasteiger partial charge < -0.3 is 4.84 Å².